The van der Waals surface area contributed by atoms with Crippen LogP contribution in [0.3, 0.4) is 0 Å². The van der Waals surface area contributed by atoms with E-state index < -0.39 is 0 Å². The molecule has 0 aliphatic carbocycles. The number of amides is 1. The van der Waals surface area contributed by atoms with Crippen molar-refractivity contribution >= 4 is 11.9 Å². The summed E-state index contributed by atoms with van der Waals surface area (Å²) in [5.41, 5.74) is 0. The lowest BCUT2D eigenvalue weighted by Crippen LogP contribution is -2.45. The molecule has 2 rings (SSSR count). The summed E-state index contributed by atoms with van der Waals surface area (Å²) in [4.78, 5) is 17.8. The van der Waals surface area contributed by atoms with Gasteiger partial charge in [-0.2, -0.15) is 0 Å². The molecule has 0 spiro atoms. The molecule has 29 heavy (non-hydrogen) atoms. The van der Waals surface area contributed by atoms with E-state index in [1.807, 2.05) is 31.2 Å². The Morgan fingerprint density at radius 3 is 2.69 bits per heavy atom. The van der Waals surface area contributed by atoms with E-state index >= 15 is 0 Å². The average molecular weight is 407 g/mol. The first kappa shape index (κ1) is 22.8. The van der Waals surface area contributed by atoms with Crippen LogP contribution in [0.25, 0.3) is 0 Å². The number of ether oxygens (including phenoxy) is 3. The number of likely N-dealkylation sites (N-methyl/N-ethyl adjacent to an activating group) is 1. The molecule has 1 aliphatic heterocycles. The monoisotopic (exact) mass is 406 g/mol. The fourth-order valence-electron chi connectivity index (χ4n) is 2.86. The van der Waals surface area contributed by atoms with Gasteiger partial charge in [0.05, 0.1) is 19.8 Å². The molecule has 1 fully saturated rings. The van der Waals surface area contributed by atoms with Gasteiger partial charge in [0.1, 0.15) is 12.6 Å². The van der Waals surface area contributed by atoms with Gasteiger partial charge in [-0.3, -0.25) is 4.79 Å². The van der Waals surface area contributed by atoms with Crippen LogP contribution in [0, 0.1) is 0 Å². The standard InChI is InChI=1S/C21H34N4O4/c1-16(29-19-11-6-5-10-18(19)27-4)13-22-21(24-15-20(26)25(2)3)23-14-17-9-7-8-12-28-17/h5-6,10-11,16-17H,7-9,12-15H2,1-4H3,(H2,22,23,24). The number of aliphatic imine (C=N–C) groups is 1. The fourth-order valence-corrected chi connectivity index (χ4v) is 2.86. The van der Waals surface area contributed by atoms with Gasteiger partial charge in [0.15, 0.2) is 17.5 Å². The van der Waals surface area contributed by atoms with Crippen LogP contribution in [0.2, 0.25) is 0 Å². The van der Waals surface area contributed by atoms with E-state index in [9.17, 15) is 4.79 Å². The summed E-state index contributed by atoms with van der Waals surface area (Å²) >= 11 is 0. The van der Waals surface area contributed by atoms with Crippen molar-refractivity contribution in [1.82, 2.24) is 15.5 Å². The molecule has 2 atom stereocenters. The lowest BCUT2D eigenvalue weighted by atomic mass is 10.1. The second-order valence-corrected chi connectivity index (χ2v) is 7.28. The number of benzene rings is 1. The van der Waals surface area contributed by atoms with Crippen LogP contribution < -0.4 is 20.1 Å². The van der Waals surface area contributed by atoms with Crippen LogP contribution >= 0.6 is 0 Å². The van der Waals surface area contributed by atoms with Crippen molar-refractivity contribution in [2.75, 3.05) is 47.4 Å². The largest absolute Gasteiger partial charge is 0.493 e. The summed E-state index contributed by atoms with van der Waals surface area (Å²) in [6.07, 6.45) is 3.36. The van der Waals surface area contributed by atoms with Crippen LogP contribution in [0.5, 0.6) is 11.5 Å². The molecule has 1 aliphatic rings. The zero-order valence-corrected chi connectivity index (χ0v) is 17.9. The van der Waals surface area contributed by atoms with Crippen LogP contribution in [0.15, 0.2) is 29.3 Å². The molecule has 2 unspecified atom stereocenters. The van der Waals surface area contributed by atoms with Crippen LogP contribution in [-0.2, 0) is 9.53 Å². The third-order valence-electron chi connectivity index (χ3n) is 4.60. The molecule has 0 saturated carbocycles. The molecule has 1 heterocycles. The van der Waals surface area contributed by atoms with E-state index in [1.54, 1.807) is 21.2 Å². The number of rotatable bonds is 9. The molecule has 8 nitrogen and oxygen atoms in total. The van der Waals surface area contributed by atoms with E-state index in [0.29, 0.717) is 30.5 Å². The SMILES string of the molecule is COc1ccccc1OC(C)CNC(=NCC(=O)N(C)C)NCC1CCCCO1. The van der Waals surface area contributed by atoms with Gasteiger partial charge in [-0.25, -0.2) is 4.99 Å². The third-order valence-corrected chi connectivity index (χ3v) is 4.60. The number of nitrogens with one attached hydrogen (secondary N) is 2. The number of methoxy groups -OCH3 is 1. The zero-order chi connectivity index (χ0) is 21.1. The number of carbonyl (C=O) groups excluding carboxylic acids is 1. The molecule has 162 valence electrons. The van der Waals surface area contributed by atoms with Gasteiger partial charge in [0.2, 0.25) is 5.91 Å². The third kappa shape index (κ3) is 8.19. The van der Waals surface area contributed by atoms with Gasteiger partial charge >= 0.3 is 0 Å². The Morgan fingerprint density at radius 2 is 2.03 bits per heavy atom. The van der Waals surface area contributed by atoms with Crippen molar-refractivity contribution in [3.05, 3.63) is 24.3 Å². The van der Waals surface area contributed by atoms with Crippen molar-refractivity contribution in [1.29, 1.82) is 0 Å². The second kappa shape index (κ2) is 12.2. The lowest BCUT2D eigenvalue weighted by Gasteiger charge is -2.24. The Morgan fingerprint density at radius 1 is 1.28 bits per heavy atom. The van der Waals surface area contributed by atoms with Crippen LogP contribution in [0.4, 0.5) is 0 Å². The Labute approximate surface area is 173 Å². The predicted molar refractivity (Wildman–Crippen MR) is 114 cm³/mol. The molecule has 1 saturated heterocycles. The Kier molecular flexibility index (Phi) is 9.56. The average Bonchev–Trinajstić information content (AvgIpc) is 2.74. The van der Waals surface area contributed by atoms with E-state index in [-0.39, 0.29) is 24.7 Å². The van der Waals surface area contributed by atoms with Gasteiger partial charge in [0, 0.05) is 27.2 Å². The van der Waals surface area contributed by atoms with Crippen molar-refractivity contribution < 1.29 is 19.0 Å². The fraction of sp³-hybridized carbons (Fsp3) is 0.619. The Hall–Kier alpha value is -2.48. The van der Waals surface area contributed by atoms with Crippen molar-refractivity contribution in [2.45, 2.75) is 38.4 Å². The Balaban J connectivity index is 1.90. The Bertz CT molecular complexity index is 660. The first-order valence-electron chi connectivity index (χ1n) is 10.1. The maximum atomic E-state index is 11.9. The highest BCUT2D eigenvalue weighted by atomic mass is 16.5. The highest BCUT2D eigenvalue weighted by Crippen LogP contribution is 2.26. The minimum Gasteiger partial charge on any atom is -0.493 e. The maximum absolute atomic E-state index is 11.9. The molecule has 1 aromatic rings. The van der Waals surface area contributed by atoms with E-state index in [4.69, 9.17) is 14.2 Å². The minimum atomic E-state index is -0.131. The summed E-state index contributed by atoms with van der Waals surface area (Å²) in [6.45, 7) is 4.02. The molecule has 1 amide bonds. The molecular weight excluding hydrogens is 372 g/mol. The maximum Gasteiger partial charge on any atom is 0.243 e. The normalized spacial score (nSPS) is 17.9. The molecule has 0 radical (unpaired) electrons. The molecular formula is C21H34N4O4. The van der Waals surface area contributed by atoms with Gasteiger partial charge in [-0.05, 0) is 38.3 Å². The second-order valence-electron chi connectivity index (χ2n) is 7.28. The first-order chi connectivity index (χ1) is 14.0. The number of para-hydroxylation sites is 2. The highest BCUT2D eigenvalue weighted by molar-refractivity contribution is 5.84. The summed E-state index contributed by atoms with van der Waals surface area (Å²) in [7, 11) is 5.06. The number of nitrogens with zero attached hydrogens (tertiary/aromatic N) is 2. The van der Waals surface area contributed by atoms with Crippen LogP contribution in [0.1, 0.15) is 26.2 Å². The van der Waals surface area contributed by atoms with E-state index in [1.165, 1.54) is 11.3 Å². The number of guanidine groups is 1. The van der Waals surface area contributed by atoms with E-state index in [0.717, 1.165) is 19.4 Å². The van der Waals surface area contributed by atoms with Crippen molar-refractivity contribution in [3.63, 3.8) is 0 Å². The number of hydrogen-bond acceptors (Lipinski definition) is 5. The summed E-state index contributed by atoms with van der Waals surface area (Å²) in [6, 6.07) is 7.54. The topological polar surface area (TPSA) is 84.4 Å². The number of carbonyl (C=O) groups is 1. The minimum absolute atomic E-state index is 0.0571. The first-order valence-corrected chi connectivity index (χ1v) is 10.1. The number of hydrogen-bond donors (Lipinski definition) is 2. The van der Waals surface area contributed by atoms with Gasteiger partial charge in [0.25, 0.3) is 0 Å². The van der Waals surface area contributed by atoms with Crippen LogP contribution in [-0.4, -0.2) is 76.4 Å². The molecule has 0 aromatic heterocycles. The van der Waals surface area contributed by atoms with Crippen molar-refractivity contribution in [3.8, 4) is 11.5 Å². The quantitative estimate of drug-likeness (QED) is 0.479. The molecule has 1 aromatic carbocycles. The van der Waals surface area contributed by atoms with Crippen molar-refractivity contribution in [2.24, 2.45) is 4.99 Å². The highest BCUT2D eigenvalue weighted by Gasteiger charge is 2.15. The summed E-state index contributed by atoms with van der Waals surface area (Å²) in [5.74, 6) is 1.90. The smallest absolute Gasteiger partial charge is 0.243 e. The van der Waals surface area contributed by atoms with Gasteiger partial charge in [-0.1, -0.05) is 12.1 Å². The molecule has 0 bridgehead atoms. The van der Waals surface area contributed by atoms with Gasteiger partial charge < -0.3 is 29.7 Å². The lowest BCUT2D eigenvalue weighted by molar-refractivity contribution is -0.127. The van der Waals surface area contributed by atoms with E-state index in [2.05, 4.69) is 15.6 Å². The summed E-state index contributed by atoms with van der Waals surface area (Å²) < 4.78 is 17.1. The zero-order valence-electron chi connectivity index (χ0n) is 17.9. The summed E-state index contributed by atoms with van der Waals surface area (Å²) in [5, 5.41) is 6.55. The molecule has 8 heteroatoms. The van der Waals surface area contributed by atoms with Gasteiger partial charge in [-0.15, -0.1) is 0 Å². The molecule has 2 N–H and O–H groups in total. The predicted octanol–water partition coefficient (Wildman–Crippen LogP) is 1.66.